The lowest BCUT2D eigenvalue weighted by Crippen LogP contribution is -2.38. The molecular formula is C5H16Cl2O10P2. The summed E-state index contributed by atoms with van der Waals surface area (Å²) in [5.41, 5.74) is -1.61. The number of aliphatic hydroxyl groups excluding tert-OH is 3. The minimum atomic E-state index is -5.22. The highest BCUT2D eigenvalue weighted by molar-refractivity contribution is 7.60. The second kappa shape index (κ2) is 9.62. The van der Waals surface area contributed by atoms with Crippen molar-refractivity contribution in [2.45, 2.75) is 0 Å². The van der Waals surface area contributed by atoms with Crippen LogP contribution in [-0.2, 0) is 18.0 Å². The summed E-state index contributed by atoms with van der Waals surface area (Å²) in [5, 5.41) is 26.5. The fourth-order valence-corrected chi connectivity index (χ4v) is 2.36. The summed E-state index contributed by atoms with van der Waals surface area (Å²) in [6.07, 6.45) is 0. The molecule has 6 N–H and O–H groups in total. The number of rotatable bonds is 8. The normalized spacial score (nSPS) is 15.1. The van der Waals surface area contributed by atoms with E-state index in [1.165, 1.54) is 0 Å². The Balaban J connectivity index is -0.00000128. The summed E-state index contributed by atoms with van der Waals surface area (Å²) >= 11 is 0. The van der Waals surface area contributed by atoms with Gasteiger partial charge in [0.1, 0.15) is 0 Å². The standard InChI is InChI=1S/C5H14O10P2.2ClH/c6-1-5(2-7,3-8)4-14-17(12,13)15-16(9,10)11;;/h6-8H,1-4H2,(H,12,13)(H2,9,10,11);2*1H. The predicted octanol–water partition coefficient (Wildman–Crippen LogP) is -0.980. The quantitative estimate of drug-likeness (QED) is 0.292. The summed E-state index contributed by atoms with van der Waals surface area (Å²) in [4.78, 5) is 25.4. The minimum absolute atomic E-state index is 0. The van der Waals surface area contributed by atoms with Crippen molar-refractivity contribution < 1.29 is 48.0 Å². The molecule has 120 valence electrons. The molecule has 0 aromatic rings. The number of hydrogen-bond donors (Lipinski definition) is 6. The van der Waals surface area contributed by atoms with Crippen LogP contribution in [0, 0.1) is 5.41 Å². The van der Waals surface area contributed by atoms with Crippen molar-refractivity contribution in [2.24, 2.45) is 5.41 Å². The average Bonchev–Trinajstić information content (AvgIpc) is 2.17. The number of phosphoric ester groups is 1. The van der Waals surface area contributed by atoms with Crippen molar-refractivity contribution in [2.75, 3.05) is 26.4 Å². The Morgan fingerprint density at radius 2 is 1.26 bits per heavy atom. The molecule has 0 aromatic carbocycles. The van der Waals surface area contributed by atoms with E-state index in [1.54, 1.807) is 0 Å². The zero-order valence-electron chi connectivity index (χ0n) is 9.36. The van der Waals surface area contributed by atoms with E-state index >= 15 is 0 Å². The van der Waals surface area contributed by atoms with Gasteiger partial charge in [0.2, 0.25) is 0 Å². The van der Waals surface area contributed by atoms with Gasteiger partial charge in [0.25, 0.3) is 0 Å². The molecule has 0 aliphatic rings. The zero-order chi connectivity index (χ0) is 13.7. The second-order valence-corrected chi connectivity index (χ2v) is 6.12. The molecule has 0 saturated heterocycles. The molecule has 1 unspecified atom stereocenters. The fourth-order valence-electron chi connectivity index (χ4n) is 0.663. The van der Waals surface area contributed by atoms with Crippen LogP contribution >= 0.6 is 40.5 Å². The van der Waals surface area contributed by atoms with Gasteiger partial charge in [-0.1, -0.05) is 0 Å². The van der Waals surface area contributed by atoms with Crippen LogP contribution in [0.3, 0.4) is 0 Å². The first-order chi connectivity index (χ1) is 7.60. The van der Waals surface area contributed by atoms with Gasteiger partial charge >= 0.3 is 15.6 Å². The van der Waals surface area contributed by atoms with E-state index in [-0.39, 0.29) is 24.8 Å². The van der Waals surface area contributed by atoms with Crippen LogP contribution in [0.2, 0.25) is 0 Å². The van der Waals surface area contributed by atoms with Crippen molar-refractivity contribution in [3.63, 3.8) is 0 Å². The highest BCUT2D eigenvalue weighted by Gasteiger charge is 2.37. The third-order valence-corrected chi connectivity index (χ3v) is 3.88. The number of phosphoric acid groups is 2. The topological polar surface area (TPSA) is 174 Å². The summed E-state index contributed by atoms with van der Waals surface area (Å²) in [6.45, 7) is -3.13. The third kappa shape index (κ3) is 10.1. The molecule has 0 aliphatic carbocycles. The van der Waals surface area contributed by atoms with Crippen molar-refractivity contribution in [3.05, 3.63) is 0 Å². The van der Waals surface area contributed by atoms with Crippen LogP contribution in [0.4, 0.5) is 0 Å². The molecule has 0 spiro atoms. The SMILES string of the molecule is Cl.Cl.O=P(O)(O)OP(=O)(O)OCC(CO)(CO)CO. The van der Waals surface area contributed by atoms with Crippen LogP contribution in [-0.4, -0.2) is 56.4 Å². The maximum absolute atomic E-state index is 11.0. The molecule has 0 radical (unpaired) electrons. The molecular weight excluding hydrogens is 353 g/mol. The Hall–Kier alpha value is 0.720. The van der Waals surface area contributed by atoms with Crippen molar-refractivity contribution in [1.29, 1.82) is 0 Å². The van der Waals surface area contributed by atoms with Crippen LogP contribution in [0.15, 0.2) is 0 Å². The fraction of sp³-hybridized carbons (Fsp3) is 1.00. The lowest BCUT2D eigenvalue weighted by atomic mass is 9.93. The van der Waals surface area contributed by atoms with Crippen LogP contribution in [0.5, 0.6) is 0 Å². The highest BCUT2D eigenvalue weighted by atomic mass is 35.5. The molecule has 0 fully saturated rings. The van der Waals surface area contributed by atoms with Crippen LogP contribution in [0.25, 0.3) is 0 Å². The van der Waals surface area contributed by atoms with E-state index in [0.717, 1.165) is 0 Å². The number of halogens is 2. The zero-order valence-corrected chi connectivity index (χ0v) is 12.8. The smallest absolute Gasteiger partial charge is 0.396 e. The molecule has 14 heteroatoms. The Kier molecular flexibility index (Phi) is 12.5. The third-order valence-electron chi connectivity index (χ3n) is 1.75. The average molecular weight is 369 g/mol. The van der Waals surface area contributed by atoms with Gasteiger partial charge in [-0.05, 0) is 0 Å². The van der Waals surface area contributed by atoms with E-state index in [1.807, 2.05) is 0 Å². The van der Waals surface area contributed by atoms with Gasteiger partial charge in [-0.2, -0.15) is 4.31 Å². The molecule has 19 heavy (non-hydrogen) atoms. The second-order valence-electron chi connectivity index (χ2n) is 3.29. The summed E-state index contributed by atoms with van der Waals surface area (Å²) in [5.74, 6) is 0. The number of hydrogen-bond acceptors (Lipinski definition) is 7. The summed E-state index contributed by atoms with van der Waals surface area (Å²) < 4.78 is 28.9. The van der Waals surface area contributed by atoms with Gasteiger partial charge in [0.05, 0.1) is 31.8 Å². The van der Waals surface area contributed by atoms with E-state index in [0.29, 0.717) is 0 Å². The van der Waals surface area contributed by atoms with Crippen LogP contribution < -0.4 is 0 Å². The van der Waals surface area contributed by atoms with Crippen molar-refractivity contribution in [3.8, 4) is 0 Å². The molecule has 0 heterocycles. The molecule has 0 bridgehead atoms. The van der Waals surface area contributed by atoms with E-state index in [2.05, 4.69) is 8.83 Å². The Morgan fingerprint density at radius 3 is 1.53 bits per heavy atom. The Bertz CT molecular complexity index is 320. The minimum Gasteiger partial charge on any atom is -0.396 e. The van der Waals surface area contributed by atoms with E-state index < -0.39 is 47.5 Å². The summed E-state index contributed by atoms with van der Waals surface area (Å²) in [6, 6.07) is 0. The lowest BCUT2D eigenvalue weighted by molar-refractivity contribution is -0.0316. The van der Waals surface area contributed by atoms with E-state index in [9.17, 15) is 9.13 Å². The van der Waals surface area contributed by atoms with Crippen LogP contribution in [0.1, 0.15) is 0 Å². The molecule has 0 saturated carbocycles. The van der Waals surface area contributed by atoms with Gasteiger partial charge in [0.15, 0.2) is 0 Å². The Morgan fingerprint density at radius 1 is 0.895 bits per heavy atom. The van der Waals surface area contributed by atoms with Gasteiger partial charge in [-0.25, -0.2) is 9.13 Å². The molecule has 0 amide bonds. The van der Waals surface area contributed by atoms with E-state index in [4.69, 9.17) is 30.0 Å². The van der Waals surface area contributed by atoms with Gasteiger partial charge in [-0.3, -0.25) is 4.52 Å². The first-order valence-electron chi connectivity index (χ1n) is 4.16. The lowest BCUT2D eigenvalue weighted by Gasteiger charge is -2.27. The number of aliphatic hydroxyl groups is 3. The van der Waals surface area contributed by atoms with Gasteiger partial charge < -0.3 is 30.0 Å². The maximum atomic E-state index is 11.0. The van der Waals surface area contributed by atoms with Crippen molar-refractivity contribution >= 4 is 40.5 Å². The first kappa shape index (κ1) is 24.7. The van der Waals surface area contributed by atoms with Gasteiger partial charge in [0, 0.05) is 0 Å². The summed E-state index contributed by atoms with van der Waals surface area (Å²) in [7, 11) is -10.3. The molecule has 1 atom stereocenters. The maximum Gasteiger partial charge on any atom is 0.481 e. The highest BCUT2D eigenvalue weighted by Crippen LogP contribution is 2.57. The predicted molar refractivity (Wildman–Crippen MR) is 67.1 cm³/mol. The molecule has 10 nitrogen and oxygen atoms in total. The van der Waals surface area contributed by atoms with Gasteiger partial charge in [-0.15, -0.1) is 24.8 Å². The molecule has 0 rings (SSSR count). The largest absolute Gasteiger partial charge is 0.481 e. The van der Waals surface area contributed by atoms with Crippen molar-refractivity contribution in [1.82, 2.24) is 0 Å². The molecule has 0 aromatic heterocycles. The monoisotopic (exact) mass is 368 g/mol. The first-order valence-corrected chi connectivity index (χ1v) is 7.19. The molecule has 0 aliphatic heterocycles. The Labute approximate surface area is 121 Å².